The summed E-state index contributed by atoms with van der Waals surface area (Å²) in [5.74, 6) is 0. The SMILES string of the molecule is OCC(Cl)(CO)CO. The molecule has 0 aromatic rings. The van der Waals surface area contributed by atoms with Crippen molar-refractivity contribution < 1.29 is 15.3 Å². The summed E-state index contributed by atoms with van der Waals surface area (Å²) in [4.78, 5) is -1.24. The molecular formula is C4H9ClO3. The largest absolute Gasteiger partial charge is 0.394 e. The van der Waals surface area contributed by atoms with Gasteiger partial charge in [-0.2, -0.15) is 0 Å². The Morgan fingerprint density at radius 2 is 1.25 bits per heavy atom. The van der Waals surface area contributed by atoms with Crippen molar-refractivity contribution in [1.82, 2.24) is 0 Å². The van der Waals surface area contributed by atoms with Gasteiger partial charge in [-0.25, -0.2) is 0 Å². The molecule has 0 atom stereocenters. The number of hydrogen-bond donors (Lipinski definition) is 3. The molecular weight excluding hydrogens is 131 g/mol. The van der Waals surface area contributed by atoms with Crippen molar-refractivity contribution >= 4 is 11.6 Å². The predicted octanol–water partition coefficient (Wildman–Crippen LogP) is -1.06. The molecule has 0 aromatic carbocycles. The first kappa shape index (κ1) is 8.17. The number of halogens is 1. The van der Waals surface area contributed by atoms with Gasteiger partial charge in [-0.1, -0.05) is 0 Å². The van der Waals surface area contributed by atoms with E-state index >= 15 is 0 Å². The first-order chi connectivity index (χ1) is 3.68. The van der Waals surface area contributed by atoms with Crippen LogP contribution in [0.15, 0.2) is 0 Å². The molecule has 0 unspecified atom stereocenters. The van der Waals surface area contributed by atoms with E-state index in [1.54, 1.807) is 0 Å². The van der Waals surface area contributed by atoms with Crippen LogP contribution in [0.5, 0.6) is 0 Å². The maximum atomic E-state index is 8.33. The van der Waals surface area contributed by atoms with Crippen molar-refractivity contribution in [2.24, 2.45) is 0 Å². The van der Waals surface area contributed by atoms with Crippen molar-refractivity contribution in [3.8, 4) is 0 Å². The third-order valence-corrected chi connectivity index (χ3v) is 1.21. The van der Waals surface area contributed by atoms with Crippen LogP contribution in [-0.2, 0) is 0 Å². The molecule has 0 fully saturated rings. The minimum atomic E-state index is -1.24. The van der Waals surface area contributed by atoms with Gasteiger partial charge in [0, 0.05) is 0 Å². The fourth-order valence-corrected chi connectivity index (χ4v) is 0.150. The van der Waals surface area contributed by atoms with E-state index in [2.05, 4.69) is 0 Å². The van der Waals surface area contributed by atoms with E-state index in [1.807, 2.05) is 0 Å². The molecule has 0 aliphatic rings. The van der Waals surface area contributed by atoms with Crippen LogP contribution < -0.4 is 0 Å². The summed E-state index contributed by atoms with van der Waals surface area (Å²) in [6.07, 6.45) is 0. The van der Waals surface area contributed by atoms with Gasteiger partial charge < -0.3 is 15.3 Å². The monoisotopic (exact) mass is 140 g/mol. The molecule has 3 N–H and O–H groups in total. The van der Waals surface area contributed by atoms with Gasteiger partial charge in [0.25, 0.3) is 0 Å². The van der Waals surface area contributed by atoms with Gasteiger partial charge in [-0.15, -0.1) is 11.6 Å². The van der Waals surface area contributed by atoms with E-state index < -0.39 is 24.7 Å². The van der Waals surface area contributed by atoms with Crippen LogP contribution in [0.25, 0.3) is 0 Å². The van der Waals surface area contributed by atoms with Crippen LogP contribution in [0.2, 0.25) is 0 Å². The lowest BCUT2D eigenvalue weighted by atomic mass is 10.2. The van der Waals surface area contributed by atoms with Crippen LogP contribution in [0.4, 0.5) is 0 Å². The molecule has 0 saturated carbocycles. The Labute approximate surface area is 52.5 Å². The lowest BCUT2D eigenvalue weighted by molar-refractivity contribution is 0.116. The standard InChI is InChI=1S/C4H9ClO3/c5-4(1-6,2-7)3-8/h6-8H,1-3H2. The summed E-state index contributed by atoms with van der Waals surface area (Å²) in [5, 5.41) is 25.0. The summed E-state index contributed by atoms with van der Waals surface area (Å²) in [6, 6.07) is 0. The summed E-state index contributed by atoms with van der Waals surface area (Å²) in [7, 11) is 0. The highest BCUT2D eigenvalue weighted by molar-refractivity contribution is 6.24. The maximum absolute atomic E-state index is 8.33. The van der Waals surface area contributed by atoms with E-state index in [9.17, 15) is 0 Å². The molecule has 4 heteroatoms. The maximum Gasteiger partial charge on any atom is 0.113 e. The normalized spacial score (nSPS) is 12.0. The number of rotatable bonds is 3. The van der Waals surface area contributed by atoms with Crippen molar-refractivity contribution in [2.45, 2.75) is 4.87 Å². The lowest BCUT2D eigenvalue weighted by Crippen LogP contribution is -2.34. The van der Waals surface area contributed by atoms with E-state index in [-0.39, 0.29) is 0 Å². The molecule has 0 rings (SSSR count). The Balaban J connectivity index is 3.58. The quantitative estimate of drug-likeness (QED) is 0.438. The molecule has 50 valence electrons. The summed E-state index contributed by atoms with van der Waals surface area (Å²) in [5.41, 5.74) is 0. The average Bonchev–Trinajstić information content (AvgIpc) is 1.87. The van der Waals surface area contributed by atoms with Gasteiger partial charge in [0.2, 0.25) is 0 Å². The summed E-state index contributed by atoms with van der Waals surface area (Å²) in [6.45, 7) is -1.25. The molecule has 0 spiro atoms. The van der Waals surface area contributed by atoms with Gasteiger partial charge in [-0.05, 0) is 0 Å². The highest BCUT2D eigenvalue weighted by atomic mass is 35.5. The zero-order valence-electron chi connectivity index (χ0n) is 4.34. The van der Waals surface area contributed by atoms with Gasteiger partial charge >= 0.3 is 0 Å². The molecule has 3 nitrogen and oxygen atoms in total. The highest BCUT2D eigenvalue weighted by Gasteiger charge is 2.23. The predicted molar refractivity (Wildman–Crippen MR) is 29.8 cm³/mol. The Kier molecular flexibility index (Phi) is 3.31. The Morgan fingerprint density at radius 3 is 1.25 bits per heavy atom. The Morgan fingerprint density at radius 1 is 1.00 bits per heavy atom. The molecule has 8 heavy (non-hydrogen) atoms. The minimum absolute atomic E-state index is 0.415. The van der Waals surface area contributed by atoms with E-state index in [0.717, 1.165) is 0 Å². The third kappa shape index (κ3) is 1.96. The second kappa shape index (κ2) is 3.25. The number of aliphatic hydroxyl groups excluding tert-OH is 3. The molecule has 0 radical (unpaired) electrons. The van der Waals surface area contributed by atoms with E-state index in [0.29, 0.717) is 0 Å². The van der Waals surface area contributed by atoms with Gasteiger partial charge in [0.15, 0.2) is 0 Å². The van der Waals surface area contributed by atoms with Crippen LogP contribution in [-0.4, -0.2) is 40.0 Å². The second-order valence-corrected chi connectivity index (χ2v) is 2.43. The van der Waals surface area contributed by atoms with Crippen molar-refractivity contribution in [3.63, 3.8) is 0 Å². The minimum Gasteiger partial charge on any atom is -0.394 e. The zero-order chi connectivity index (χ0) is 6.62. The van der Waals surface area contributed by atoms with Crippen LogP contribution in [0.3, 0.4) is 0 Å². The summed E-state index contributed by atoms with van der Waals surface area (Å²) >= 11 is 5.34. The molecule has 0 saturated heterocycles. The molecule has 0 aliphatic carbocycles. The summed E-state index contributed by atoms with van der Waals surface area (Å²) < 4.78 is 0. The Bertz CT molecular complexity index is 54.0. The fraction of sp³-hybridized carbons (Fsp3) is 1.00. The highest BCUT2D eigenvalue weighted by Crippen LogP contribution is 2.10. The molecule has 0 aliphatic heterocycles. The fourth-order valence-electron chi connectivity index (χ4n) is 0.150. The first-order valence-corrected chi connectivity index (χ1v) is 2.58. The topological polar surface area (TPSA) is 60.7 Å². The number of alkyl halides is 1. The van der Waals surface area contributed by atoms with Crippen LogP contribution in [0.1, 0.15) is 0 Å². The van der Waals surface area contributed by atoms with Crippen molar-refractivity contribution in [3.05, 3.63) is 0 Å². The van der Waals surface area contributed by atoms with Crippen molar-refractivity contribution in [1.29, 1.82) is 0 Å². The molecule has 0 amide bonds. The smallest absolute Gasteiger partial charge is 0.113 e. The van der Waals surface area contributed by atoms with Gasteiger partial charge in [0.1, 0.15) is 4.87 Å². The van der Waals surface area contributed by atoms with Crippen LogP contribution >= 0.6 is 11.6 Å². The van der Waals surface area contributed by atoms with Gasteiger partial charge in [-0.3, -0.25) is 0 Å². The second-order valence-electron chi connectivity index (χ2n) is 1.63. The third-order valence-electron chi connectivity index (χ3n) is 0.850. The van der Waals surface area contributed by atoms with E-state index in [4.69, 9.17) is 26.9 Å². The number of hydrogen-bond acceptors (Lipinski definition) is 3. The Hall–Kier alpha value is 0.170. The van der Waals surface area contributed by atoms with Gasteiger partial charge in [0.05, 0.1) is 19.8 Å². The molecule has 0 bridgehead atoms. The van der Waals surface area contributed by atoms with Crippen LogP contribution in [0, 0.1) is 0 Å². The average molecular weight is 141 g/mol. The van der Waals surface area contributed by atoms with Crippen molar-refractivity contribution in [2.75, 3.05) is 19.8 Å². The molecule has 0 heterocycles. The zero-order valence-corrected chi connectivity index (χ0v) is 5.10. The lowest BCUT2D eigenvalue weighted by Gasteiger charge is -2.17. The first-order valence-electron chi connectivity index (χ1n) is 2.20. The molecule has 0 aromatic heterocycles. The van der Waals surface area contributed by atoms with E-state index in [1.165, 1.54) is 0 Å². The number of aliphatic hydroxyl groups is 3.